The smallest absolute Gasteiger partial charge is 0.313 e. The molecule has 0 aliphatic rings. The van der Waals surface area contributed by atoms with Crippen LogP contribution in [-0.4, -0.2) is 22.6 Å². The highest BCUT2D eigenvalue weighted by Gasteiger charge is 1.95. The summed E-state index contributed by atoms with van der Waals surface area (Å²) < 4.78 is 0. The SMILES string of the molecule is CC/C=C/C/C=C/C/C=C/C/C=C/C/C=C/CCCCSCC(=O)O. The molecule has 0 aromatic rings. The molecule has 1 N–H and O–H groups in total. The third-order valence-corrected chi connectivity index (χ3v) is 4.32. The van der Waals surface area contributed by atoms with Gasteiger partial charge >= 0.3 is 5.97 Å². The quantitative estimate of drug-likeness (QED) is 0.244. The van der Waals surface area contributed by atoms with Crippen LogP contribution in [0.1, 0.15) is 58.3 Å². The van der Waals surface area contributed by atoms with Gasteiger partial charge in [0.25, 0.3) is 0 Å². The van der Waals surface area contributed by atoms with Crippen molar-refractivity contribution >= 4 is 17.7 Å². The van der Waals surface area contributed by atoms with Crippen molar-refractivity contribution in [1.82, 2.24) is 0 Å². The highest BCUT2D eigenvalue weighted by atomic mass is 32.2. The number of rotatable bonds is 16. The average Bonchev–Trinajstić information content (AvgIpc) is 2.60. The lowest BCUT2D eigenvalue weighted by Crippen LogP contribution is -1.98. The van der Waals surface area contributed by atoms with Gasteiger partial charge in [0, 0.05) is 0 Å². The van der Waals surface area contributed by atoms with Crippen molar-refractivity contribution in [3.8, 4) is 0 Å². The molecule has 0 aromatic carbocycles. The zero-order valence-corrected chi connectivity index (χ0v) is 16.4. The van der Waals surface area contributed by atoms with E-state index in [-0.39, 0.29) is 5.75 Å². The molecule has 0 aliphatic carbocycles. The molecule has 0 radical (unpaired) electrons. The Morgan fingerprint density at radius 1 is 0.760 bits per heavy atom. The van der Waals surface area contributed by atoms with Gasteiger partial charge in [-0.15, -0.1) is 0 Å². The lowest BCUT2D eigenvalue weighted by atomic mass is 10.2. The first-order chi connectivity index (χ1) is 12.3. The van der Waals surface area contributed by atoms with Gasteiger partial charge in [-0.3, -0.25) is 4.79 Å². The van der Waals surface area contributed by atoms with Crippen molar-refractivity contribution in [3.63, 3.8) is 0 Å². The Balaban J connectivity index is 3.40. The summed E-state index contributed by atoms with van der Waals surface area (Å²) in [6, 6.07) is 0. The van der Waals surface area contributed by atoms with Crippen molar-refractivity contribution in [2.24, 2.45) is 0 Å². The van der Waals surface area contributed by atoms with E-state index in [0.29, 0.717) is 0 Å². The number of hydrogen-bond acceptors (Lipinski definition) is 2. The van der Waals surface area contributed by atoms with Crippen LogP contribution in [0.15, 0.2) is 60.8 Å². The van der Waals surface area contributed by atoms with Crippen molar-refractivity contribution in [2.45, 2.75) is 58.3 Å². The number of thioether (sulfide) groups is 1. The molecule has 0 bridgehead atoms. The summed E-state index contributed by atoms with van der Waals surface area (Å²) in [5.41, 5.74) is 0. The van der Waals surface area contributed by atoms with Crippen molar-refractivity contribution < 1.29 is 9.90 Å². The van der Waals surface area contributed by atoms with Gasteiger partial charge in [-0.2, -0.15) is 11.8 Å². The number of unbranched alkanes of at least 4 members (excludes halogenated alkanes) is 2. The Morgan fingerprint density at radius 3 is 1.72 bits per heavy atom. The predicted molar refractivity (Wildman–Crippen MR) is 113 cm³/mol. The maximum absolute atomic E-state index is 10.3. The van der Waals surface area contributed by atoms with Crippen LogP contribution in [0, 0.1) is 0 Å². The molecule has 2 nitrogen and oxygen atoms in total. The Morgan fingerprint density at radius 2 is 1.24 bits per heavy atom. The molecule has 0 aliphatic heterocycles. The van der Waals surface area contributed by atoms with Crippen LogP contribution in [-0.2, 0) is 4.79 Å². The summed E-state index contributed by atoms with van der Waals surface area (Å²) in [6.07, 6.45) is 30.5. The van der Waals surface area contributed by atoms with Gasteiger partial charge in [-0.05, 0) is 57.1 Å². The highest BCUT2D eigenvalue weighted by Crippen LogP contribution is 2.06. The molecule has 0 spiro atoms. The molecule has 0 fully saturated rings. The van der Waals surface area contributed by atoms with Crippen LogP contribution >= 0.6 is 11.8 Å². The normalized spacial score (nSPS) is 12.7. The van der Waals surface area contributed by atoms with Gasteiger partial charge < -0.3 is 5.11 Å². The maximum atomic E-state index is 10.3. The fraction of sp³-hybridized carbons (Fsp3) is 0.500. The third-order valence-electron chi connectivity index (χ3n) is 3.29. The van der Waals surface area contributed by atoms with Crippen LogP contribution in [0.4, 0.5) is 0 Å². The molecule has 0 amide bonds. The van der Waals surface area contributed by atoms with Crippen LogP contribution in [0.25, 0.3) is 0 Å². The summed E-state index contributed by atoms with van der Waals surface area (Å²) in [4.78, 5) is 10.3. The minimum absolute atomic E-state index is 0.224. The molecule has 0 rings (SSSR count). The minimum Gasteiger partial charge on any atom is -0.481 e. The zero-order chi connectivity index (χ0) is 18.4. The summed E-state index contributed by atoms with van der Waals surface area (Å²) in [5.74, 6) is 0.446. The molecule has 3 heteroatoms. The summed E-state index contributed by atoms with van der Waals surface area (Å²) in [5, 5.41) is 8.52. The predicted octanol–water partition coefficient (Wildman–Crippen LogP) is 6.73. The first-order valence-electron chi connectivity index (χ1n) is 9.31. The van der Waals surface area contributed by atoms with E-state index in [2.05, 4.69) is 67.7 Å². The summed E-state index contributed by atoms with van der Waals surface area (Å²) in [7, 11) is 0. The van der Waals surface area contributed by atoms with Crippen molar-refractivity contribution in [2.75, 3.05) is 11.5 Å². The van der Waals surface area contributed by atoms with E-state index in [4.69, 9.17) is 5.11 Å². The van der Waals surface area contributed by atoms with Gasteiger partial charge in [-0.1, -0.05) is 67.7 Å². The second-order valence-corrected chi connectivity index (χ2v) is 6.76. The molecule has 0 atom stereocenters. The number of hydrogen-bond donors (Lipinski definition) is 1. The van der Waals surface area contributed by atoms with Gasteiger partial charge in [0.05, 0.1) is 5.75 Å². The van der Waals surface area contributed by atoms with E-state index < -0.39 is 5.97 Å². The lowest BCUT2D eigenvalue weighted by molar-refractivity contribution is -0.133. The first kappa shape index (κ1) is 23.5. The summed E-state index contributed by atoms with van der Waals surface area (Å²) in [6.45, 7) is 2.15. The van der Waals surface area contributed by atoms with E-state index in [1.807, 2.05) is 0 Å². The van der Waals surface area contributed by atoms with E-state index in [1.165, 1.54) is 11.8 Å². The molecule has 0 aromatic heterocycles. The Kier molecular flexibility index (Phi) is 19.3. The Labute approximate surface area is 158 Å². The maximum Gasteiger partial charge on any atom is 0.313 e. The van der Waals surface area contributed by atoms with E-state index in [0.717, 1.165) is 57.1 Å². The summed E-state index contributed by atoms with van der Waals surface area (Å²) >= 11 is 1.50. The second-order valence-electron chi connectivity index (χ2n) is 5.65. The molecule has 140 valence electrons. The highest BCUT2D eigenvalue weighted by molar-refractivity contribution is 7.99. The fourth-order valence-electron chi connectivity index (χ4n) is 1.99. The molecule has 25 heavy (non-hydrogen) atoms. The standard InChI is InChI=1S/C22H34O2S/c1-2-3-4-5-6-7-8-9-10-11-12-13-14-15-16-17-18-19-20-25-21-22(23)24/h3-4,6-7,9-10,12-13,15-16H,2,5,8,11,14,17-21H2,1H3,(H,23,24)/b4-3+,7-6+,10-9+,13-12+,16-15+. The fourth-order valence-corrected chi connectivity index (χ4v) is 2.72. The van der Waals surface area contributed by atoms with Crippen molar-refractivity contribution in [1.29, 1.82) is 0 Å². The number of carbonyl (C=O) groups is 1. The Hall–Kier alpha value is -1.48. The second kappa shape index (κ2) is 20.6. The monoisotopic (exact) mass is 362 g/mol. The number of allylic oxidation sites excluding steroid dienone is 10. The van der Waals surface area contributed by atoms with Crippen LogP contribution in [0.5, 0.6) is 0 Å². The Bertz CT molecular complexity index is 445. The molecule has 0 saturated heterocycles. The lowest BCUT2D eigenvalue weighted by Gasteiger charge is -1.96. The minimum atomic E-state index is -0.720. The molecule has 0 saturated carbocycles. The molecule has 0 unspecified atom stereocenters. The zero-order valence-electron chi connectivity index (χ0n) is 15.6. The van der Waals surface area contributed by atoms with Gasteiger partial charge in [-0.25, -0.2) is 0 Å². The molecular weight excluding hydrogens is 328 g/mol. The largest absolute Gasteiger partial charge is 0.481 e. The average molecular weight is 363 g/mol. The first-order valence-corrected chi connectivity index (χ1v) is 10.5. The number of aliphatic carboxylic acids is 1. The van der Waals surface area contributed by atoms with E-state index in [9.17, 15) is 4.79 Å². The van der Waals surface area contributed by atoms with E-state index in [1.54, 1.807) is 0 Å². The third kappa shape index (κ3) is 22.5. The number of carboxylic acid groups (broad SMARTS) is 1. The topological polar surface area (TPSA) is 37.3 Å². The molecular formula is C22H34O2S. The van der Waals surface area contributed by atoms with Crippen LogP contribution < -0.4 is 0 Å². The number of carboxylic acids is 1. The van der Waals surface area contributed by atoms with Crippen molar-refractivity contribution in [3.05, 3.63) is 60.8 Å². The van der Waals surface area contributed by atoms with Gasteiger partial charge in [0.1, 0.15) is 0 Å². The van der Waals surface area contributed by atoms with Crippen LogP contribution in [0.3, 0.4) is 0 Å². The van der Waals surface area contributed by atoms with Gasteiger partial charge in [0.15, 0.2) is 0 Å². The van der Waals surface area contributed by atoms with Crippen LogP contribution in [0.2, 0.25) is 0 Å². The molecule has 0 heterocycles. The van der Waals surface area contributed by atoms with Gasteiger partial charge in [0.2, 0.25) is 0 Å². The van der Waals surface area contributed by atoms with E-state index >= 15 is 0 Å².